The topological polar surface area (TPSA) is 62.3 Å². The van der Waals surface area contributed by atoms with Crippen LogP contribution in [0.4, 0.5) is 0 Å². The average molecular weight is 256 g/mol. The molecule has 2 N–H and O–H groups in total. The molecule has 7 heteroatoms. The van der Waals surface area contributed by atoms with Gasteiger partial charge >= 0.3 is 0 Å². The van der Waals surface area contributed by atoms with Crippen LogP contribution in [0.1, 0.15) is 0 Å². The van der Waals surface area contributed by atoms with Crippen molar-refractivity contribution in [3.63, 3.8) is 0 Å². The zero-order valence-electron chi connectivity index (χ0n) is 8.33. The van der Waals surface area contributed by atoms with Crippen LogP contribution in [-0.2, 0) is 11.8 Å². The van der Waals surface area contributed by atoms with E-state index in [4.69, 9.17) is 15.2 Å². The summed E-state index contributed by atoms with van der Waals surface area (Å²) >= 11 is 0. The molecule has 1 aliphatic rings. The van der Waals surface area contributed by atoms with Gasteiger partial charge in [0.05, 0.1) is 31.6 Å². The smallest absolute Gasteiger partial charge is 0.157 e. The molecule has 0 aromatic carbocycles. The fraction of sp³-hybridized carbons (Fsp3) is 0.625. The Hall–Kier alpha value is -0.490. The number of aromatic nitrogens is 2. The minimum absolute atomic E-state index is 0. The molecule has 1 fully saturated rings. The van der Waals surface area contributed by atoms with Crippen LogP contribution in [0, 0.1) is 0 Å². The maximum Gasteiger partial charge on any atom is 0.157 e. The molecule has 0 radical (unpaired) electrons. The first kappa shape index (κ1) is 14.5. The summed E-state index contributed by atoms with van der Waals surface area (Å²) in [5.41, 5.74) is 5.76. The summed E-state index contributed by atoms with van der Waals surface area (Å²) in [6.07, 6.45) is 3.44. The standard InChI is InChI=1S/C8H13N3O2.2ClH/c1-11-3-6(2-10-11)13-8-5-12-4-7(8)9;;/h2-3,7-8H,4-5,9H2,1H3;2*1H. The van der Waals surface area contributed by atoms with Crippen LogP contribution in [0.2, 0.25) is 0 Å². The molecule has 15 heavy (non-hydrogen) atoms. The molecule has 0 spiro atoms. The van der Waals surface area contributed by atoms with Crippen molar-refractivity contribution in [2.24, 2.45) is 12.8 Å². The normalized spacial score (nSPS) is 24.1. The molecule has 2 atom stereocenters. The highest BCUT2D eigenvalue weighted by atomic mass is 35.5. The Morgan fingerprint density at radius 1 is 1.53 bits per heavy atom. The van der Waals surface area contributed by atoms with Crippen molar-refractivity contribution < 1.29 is 9.47 Å². The Morgan fingerprint density at radius 2 is 2.27 bits per heavy atom. The van der Waals surface area contributed by atoms with E-state index in [1.807, 2.05) is 13.2 Å². The number of ether oxygens (including phenoxy) is 2. The Kier molecular flexibility index (Phi) is 5.97. The van der Waals surface area contributed by atoms with Gasteiger partial charge in [-0.15, -0.1) is 24.8 Å². The molecule has 2 heterocycles. The Labute approximate surface area is 101 Å². The lowest BCUT2D eigenvalue weighted by Gasteiger charge is -2.13. The Balaban J connectivity index is 0.000000980. The third-order valence-electron chi connectivity index (χ3n) is 2.04. The van der Waals surface area contributed by atoms with Crippen molar-refractivity contribution >= 4 is 24.8 Å². The molecule has 1 aromatic heterocycles. The number of halogens is 2. The monoisotopic (exact) mass is 255 g/mol. The maximum absolute atomic E-state index is 5.76. The van der Waals surface area contributed by atoms with Gasteiger partial charge in [-0.3, -0.25) is 4.68 Å². The van der Waals surface area contributed by atoms with E-state index in [0.717, 1.165) is 5.75 Å². The summed E-state index contributed by atoms with van der Waals surface area (Å²) < 4.78 is 12.4. The van der Waals surface area contributed by atoms with Crippen molar-refractivity contribution in [1.82, 2.24) is 9.78 Å². The van der Waals surface area contributed by atoms with Crippen molar-refractivity contribution in [3.8, 4) is 5.75 Å². The second-order valence-electron chi connectivity index (χ2n) is 3.21. The summed E-state index contributed by atoms with van der Waals surface area (Å²) in [7, 11) is 1.85. The van der Waals surface area contributed by atoms with Gasteiger partial charge in [-0.2, -0.15) is 5.10 Å². The van der Waals surface area contributed by atoms with Gasteiger partial charge in [0.25, 0.3) is 0 Å². The van der Waals surface area contributed by atoms with E-state index in [1.165, 1.54) is 0 Å². The highest BCUT2D eigenvalue weighted by molar-refractivity contribution is 5.85. The van der Waals surface area contributed by atoms with Gasteiger partial charge < -0.3 is 15.2 Å². The number of rotatable bonds is 2. The highest BCUT2D eigenvalue weighted by Crippen LogP contribution is 2.14. The summed E-state index contributed by atoms with van der Waals surface area (Å²) in [5, 5.41) is 3.99. The molecule has 0 aliphatic carbocycles. The predicted molar refractivity (Wildman–Crippen MR) is 60.9 cm³/mol. The number of nitrogens with zero attached hydrogens (tertiary/aromatic N) is 2. The van der Waals surface area contributed by atoms with E-state index in [1.54, 1.807) is 10.9 Å². The first-order valence-corrected chi connectivity index (χ1v) is 4.24. The predicted octanol–water partition coefficient (Wildman–Crippen LogP) is 0.369. The Bertz CT molecular complexity index is 295. The number of nitrogens with two attached hydrogens (primary N) is 1. The summed E-state index contributed by atoms with van der Waals surface area (Å²) in [6, 6.07) is -0.0276. The summed E-state index contributed by atoms with van der Waals surface area (Å²) in [6.45, 7) is 1.14. The molecule has 0 amide bonds. The second kappa shape index (κ2) is 6.17. The minimum Gasteiger partial charge on any atom is -0.483 e. The SMILES string of the molecule is Cl.Cl.Cn1cc(OC2COCC2N)cn1. The van der Waals surface area contributed by atoms with E-state index >= 15 is 0 Å². The number of hydrogen-bond donors (Lipinski definition) is 1. The van der Waals surface area contributed by atoms with Gasteiger partial charge in [0.1, 0.15) is 6.10 Å². The third-order valence-corrected chi connectivity index (χ3v) is 2.04. The molecule has 2 unspecified atom stereocenters. The minimum atomic E-state index is -0.0378. The quantitative estimate of drug-likeness (QED) is 0.830. The van der Waals surface area contributed by atoms with Gasteiger partial charge in [0.15, 0.2) is 5.75 Å². The van der Waals surface area contributed by atoms with Crippen LogP contribution in [0.5, 0.6) is 5.75 Å². The first-order chi connectivity index (χ1) is 6.25. The van der Waals surface area contributed by atoms with Gasteiger partial charge in [-0.1, -0.05) is 0 Å². The van der Waals surface area contributed by atoms with E-state index in [2.05, 4.69) is 5.10 Å². The molecule has 1 aliphatic heterocycles. The third kappa shape index (κ3) is 3.53. The zero-order valence-corrected chi connectivity index (χ0v) is 9.96. The molecule has 88 valence electrons. The van der Waals surface area contributed by atoms with Crippen molar-refractivity contribution in [3.05, 3.63) is 12.4 Å². The molecule has 1 saturated heterocycles. The summed E-state index contributed by atoms with van der Waals surface area (Å²) in [4.78, 5) is 0. The molecule has 1 aromatic rings. The van der Waals surface area contributed by atoms with Crippen LogP contribution < -0.4 is 10.5 Å². The average Bonchev–Trinajstić information content (AvgIpc) is 2.64. The van der Waals surface area contributed by atoms with E-state index in [9.17, 15) is 0 Å². The molecule has 0 saturated carbocycles. The number of hydrogen-bond acceptors (Lipinski definition) is 4. The molecular formula is C8H15Cl2N3O2. The van der Waals surface area contributed by atoms with Gasteiger partial charge in [0.2, 0.25) is 0 Å². The second-order valence-corrected chi connectivity index (χ2v) is 3.21. The maximum atomic E-state index is 5.76. The van der Waals surface area contributed by atoms with Crippen molar-refractivity contribution in [2.45, 2.75) is 12.1 Å². The van der Waals surface area contributed by atoms with Crippen LogP contribution in [0.3, 0.4) is 0 Å². The highest BCUT2D eigenvalue weighted by Gasteiger charge is 2.26. The van der Waals surface area contributed by atoms with Gasteiger partial charge in [-0.25, -0.2) is 0 Å². The lowest BCUT2D eigenvalue weighted by atomic mass is 10.2. The lowest BCUT2D eigenvalue weighted by Crippen LogP contribution is -2.37. The lowest BCUT2D eigenvalue weighted by molar-refractivity contribution is 0.140. The molecule has 5 nitrogen and oxygen atoms in total. The fourth-order valence-electron chi connectivity index (χ4n) is 1.31. The molecular weight excluding hydrogens is 241 g/mol. The largest absolute Gasteiger partial charge is 0.483 e. The van der Waals surface area contributed by atoms with E-state index < -0.39 is 0 Å². The number of aryl methyl sites for hydroxylation is 1. The van der Waals surface area contributed by atoms with Crippen molar-refractivity contribution in [1.29, 1.82) is 0 Å². The van der Waals surface area contributed by atoms with E-state index in [0.29, 0.717) is 13.2 Å². The van der Waals surface area contributed by atoms with Crippen LogP contribution in [0.25, 0.3) is 0 Å². The fourth-order valence-corrected chi connectivity index (χ4v) is 1.31. The molecule has 0 bridgehead atoms. The van der Waals surface area contributed by atoms with Crippen LogP contribution in [0.15, 0.2) is 12.4 Å². The van der Waals surface area contributed by atoms with Crippen LogP contribution in [-0.4, -0.2) is 35.1 Å². The van der Waals surface area contributed by atoms with Gasteiger partial charge in [0, 0.05) is 7.05 Å². The van der Waals surface area contributed by atoms with Crippen LogP contribution >= 0.6 is 24.8 Å². The Morgan fingerprint density at radius 3 is 2.73 bits per heavy atom. The van der Waals surface area contributed by atoms with Gasteiger partial charge in [-0.05, 0) is 0 Å². The van der Waals surface area contributed by atoms with Crippen molar-refractivity contribution in [2.75, 3.05) is 13.2 Å². The molecule has 2 rings (SSSR count). The zero-order chi connectivity index (χ0) is 9.26. The first-order valence-electron chi connectivity index (χ1n) is 4.24. The van der Waals surface area contributed by atoms with E-state index in [-0.39, 0.29) is 37.0 Å². The summed E-state index contributed by atoms with van der Waals surface area (Å²) in [5.74, 6) is 0.744.